The Morgan fingerprint density at radius 1 is 1.04 bits per heavy atom. The number of sulfonamides is 1. The van der Waals surface area contributed by atoms with Gasteiger partial charge in [-0.3, -0.25) is 9.88 Å². The normalized spacial score (nSPS) is 23.2. The van der Waals surface area contributed by atoms with Gasteiger partial charge < -0.3 is 4.90 Å². The molecule has 4 rings (SSSR count). The number of likely N-dealkylation sites (N-methyl/N-ethyl adjacent to an activating group) is 1. The summed E-state index contributed by atoms with van der Waals surface area (Å²) in [5.74, 6) is 0. The summed E-state index contributed by atoms with van der Waals surface area (Å²) < 4.78 is 25.9. The Labute approximate surface area is 167 Å². The van der Waals surface area contributed by atoms with Crippen LogP contribution in [-0.4, -0.2) is 68.9 Å². The maximum Gasteiger partial charge on any atom is 0.242 e. The predicted octanol–water partition coefficient (Wildman–Crippen LogP) is 2.67. The van der Waals surface area contributed by atoms with Crippen LogP contribution in [0.25, 0.3) is 11.3 Å². The Kier molecular flexibility index (Phi) is 5.16. The van der Waals surface area contributed by atoms with Gasteiger partial charge in [-0.2, -0.15) is 0 Å². The molecule has 2 atom stereocenters. The van der Waals surface area contributed by atoms with Crippen LogP contribution >= 0.6 is 0 Å². The lowest BCUT2D eigenvalue weighted by Gasteiger charge is -2.29. The average Bonchev–Trinajstić information content (AvgIpc) is 2.94. The zero-order valence-corrected chi connectivity index (χ0v) is 17.6. The molecule has 2 aliphatic heterocycles. The zero-order valence-electron chi connectivity index (χ0n) is 16.7. The molecule has 2 unspecified atom stereocenters. The molecule has 0 amide bonds. The smallest absolute Gasteiger partial charge is 0.242 e. The first-order chi connectivity index (χ1) is 13.4. The zero-order chi connectivity index (χ0) is 19.9. The van der Waals surface area contributed by atoms with E-state index in [0.29, 0.717) is 17.0 Å². The molecule has 6 nitrogen and oxygen atoms in total. The molecule has 28 heavy (non-hydrogen) atoms. The van der Waals surface area contributed by atoms with E-state index in [2.05, 4.69) is 27.9 Å². The Balaban J connectivity index is 1.65. The molecule has 1 aromatic carbocycles. The Morgan fingerprint density at radius 2 is 1.75 bits per heavy atom. The minimum atomic E-state index is -3.43. The maximum absolute atomic E-state index is 12.3. The number of hydrogen-bond acceptors (Lipinski definition) is 5. The van der Waals surface area contributed by atoms with Gasteiger partial charge in [-0.05, 0) is 50.6 Å². The maximum atomic E-state index is 12.3. The van der Waals surface area contributed by atoms with Gasteiger partial charge >= 0.3 is 0 Å². The molecule has 2 aromatic rings. The number of fused-ring (bicyclic) bond motifs is 2. The van der Waals surface area contributed by atoms with Gasteiger partial charge in [-0.15, -0.1) is 0 Å². The van der Waals surface area contributed by atoms with Crippen molar-refractivity contribution in [3.05, 3.63) is 42.6 Å². The highest BCUT2D eigenvalue weighted by molar-refractivity contribution is 7.89. The fraction of sp³-hybridized carbons (Fsp3) is 0.476. The highest BCUT2D eigenvalue weighted by Crippen LogP contribution is 2.34. The van der Waals surface area contributed by atoms with Gasteiger partial charge in [-0.25, -0.2) is 12.7 Å². The van der Waals surface area contributed by atoms with E-state index in [4.69, 9.17) is 0 Å². The molecule has 0 N–H and O–H groups in total. The van der Waals surface area contributed by atoms with Crippen LogP contribution in [0.3, 0.4) is 0 Å². The molecule has 7 heteroatoms. The quantitative estimate of drug-likeness (QED) is 0.790. The minimum Gasteiger partial charge on any atom is -0.368 e. The molecular weight excluding hydrogens is 372 g/mol. The van der Waals surface area contributed by atoms with Crippen LogP contribution in [-0.2, 0) is 10.0 Å². The van der Waals surface area contributed by atoms with Gasteiger partial charge in [0.2, 0.25) is 10.0 Å². The van der Waals surface area contributed by atoms with E-state index in [-0.39, 0.29) is 0 Å². The molecule has 2 saturated heterocycles. The first-order valence-corrected chi connectivity index (χ1v) is 11.3. The third-order valence-corrected chi connectivity index (χ3v) is 8.01. The molecule has 0 spiro atoms. The average molecular weight is 401 g/mol. The number of nitrogens with zero attached hydrogens (tertiary/aromatic N) is 4. The van der Waals surface area contributed by atoms with E-state index in [9.17, 15) is 8.42 Å². The van der Waals surface area contributed by atoms with Gasteiger partial charge in [0.15, 0.2) is 0 Å². The molecule has 2 fully saturated rings. The molecular formula is C21H28N4O2S. The molecule has 1 aromatic heterocycles. The van der Waals surface area contributed by atoms with Gasteiger partial charge in [0.05, 0.1) is 16.3 Å². The van der Waals surface area contributed by atoms with Crippen molar-refractivity contribution in [3.63, 3.8) is 0 Å². The molecule has 2 aliphatic rings. The van der Waals surface area contributed by atoms with Crippen molar-refractivity contribution in [3.8, 4) is 11.3 Å². The van der Waals surface area contributed by atoms with E-state index in [1.807, 2.05) is 18.2 Å². The number of hydrogen-bond donors (Lipinski definition) is 0. The predicted molar refractivity (Wildman–Crippen MR) is 112 cm³/mol. The van der Waals surface area contributed by atoms with E-state index in [0.717, 1.165) is 30.0 Å². The van der Waals surface area contributed by atoms with Crippen molar-refractivity contribution in [1.82, 2.24) is 14.2 Å². The Hall–Kier alpha value is -1.96. The van der Waals surface area contributed by atoms with Crippen LogP contribution < -0.4 is 4.90 Å². The Morgan fingerprint density at radius 3 is 2.46 bits per heavy atom. The second kappa shape index (κ2) is 7.46. The Bertz CT molecular complexity index is 943. The molecule has 0 aliphatic carbocycles. The van der Waals surface area contributed by atoms with Gasteiger partial charge in [0.25, 0.3) is 0 Å². The summed E-state index contributed by atoms with van der Waals surface area (Å²) in [5.41, 5.74) is 2.99. The van der Waals surface area contributed by atoms with Gasteiger partial charge in [0.1, 0.15) is 0 Å². The van der Waals surface area contributed by atoms with Crippen molar-refractivity contribution < 1.29 is 8.42 Å². The number of rotatable bonds is 4. The summed E-state index contributed by atoms with van der Waals surface area (Å²) in [5, 5.41) is 0. The summed E-state index contributed by atoms with van der Waals surface area (Å²) in [4.78, 5) is 9.94. The van der Waals surface area contributed by atoms with Crippen LogP contribution in [0.4, 0.5) is 5.69 Å². The second-order valence-corrected chi connectivity index (χ2v) is 10.1. The molecule has 2 bridgehead atoms. The molecule has 0 saturated carbocycles. The number of aromatic nitrogens is 1. The van der Waals surface area contributed by atoms with Crippen molar-refractivity contribution in [1.29, 1.82) is 0 Å². The highest BCUT2D eigenvalue weighted by Gasteiger charge is 2.35. The van der Waals surface area contributed by atoms with E-state index in [1.165, 1.54) is 23.6 Å². The van der Waals surface area contributed by atoms with Crippen molar-refractivity contribution >= 4 is 15.7 Å². The summed E-state index contributed by atoms with van der Waals surface area (Å²) in [7, 11) is 1.92. The third-order valence-electron chi connectivity index (χ3n) is 6.18. The lowest BCUT2D eigenvalue weighted by molar-refractivity contribution is 0.254. The van der Waals surface area contributed by atoms with Crippen molar-refractivity contribution in [2.45, 2.75) is 36.2 Å². The lowest BCUT2D eigenvalue weighted by atomic mass is 10.1. The largest absolute Gasteiger partial charge is 0.368 e. The highest BCUT2D eigenvalue weighted by atomic mass is 32.2. The first kappa shape index (κ1) is 19.4. The van der Waals surface area contributed by atoms with Crippen molar-refractivity contribution in [2.24, 2.45) is 0 Å². The van der Waals surface area contributed by atoms with Gasteiger partial charge in [0, 0.05) is 51.0 Å². The third kappa shape index (κ3) is 3.43. The van der Waals surface area contributed by atoms with E-state index >= 15 is 0 Å². The van der Waals surface area contributed by atoms with Crippen LogP contribution in [0.5, 0.6) is 0 Å². The van der Waals surface area contributed by atoms with Crippen LogP contribution in [0.1, 0.15) is 19.3 Å². The van der Waals surface area contributed by atoms with Crippen LogP contribution in [0.2, 0.25) is 0 Å². The van der Waals surface area contributed by atoms with Gasteiger partial charge in [-0.1, -0.05) is 12.1 Å². The van der Waals surface area contributed by atoms with E-state index < -0.39 is 10.0 Å². The van der Waals surface area contributed by atoms with E-state index in [1.54, 1.807) is 32.4 Å². The SMILES string of the molecule is CN1C2CCC1CN(c1cccnc1-c1ccc(S(=O)(=O)N(C)C)cc1)CC2. The summed E-state index contributed by atoms with van der Waals surface area (Å²) in [6, 6.07) is 12.4. The number of pyridine rings is 1. The molecule has 0 radical (unpaired) electrons. The fourth-order valence-electron chi connectivity index (χ4n) is 4.40. The summed E-state index contributed by atoms with van der Waals surface area (Å²) in [6.07, 6.45) is 5.53. The lowest BCUT2D eigenvalue weighted by Crippen LogP contribution is -2.36. The first-order valence-electron chi connectivity index (χ1n) is 9.83. The van der Waals surface area contributed by atoms with Crippen LogP contribution in [0.15, 0.2) is 47.5 Å². The van der Waals surface area contributed by atoms with Crippen LogP contribution in [0, 0.1) is 0 Å². The monoisotopic (exact) mass is 400 g/mol. The molecule has 3 heterocycles. The second-order valence-electron chi connectivity index (χ2n) is 7.97. The van der Waals surface area contributed by atoms with Crippen molar-refractivity contribution in [2.75, 3.05) is 39.1 Å². The summed E-state index contributed by atoms with van der Waals surface area (Å²) >= 11 is 0. The minimum absolute atomic E-state index is 0.299. The number of anilines is 1. The summed E-state index contributed by atoms with van der Waals surface area (Å²) in [6.45, 7) is 2.04. The molecule has 150 valence electrons. The topological polar surface area (TPSA) is 56.8 Å². The number of benzene rings is 1. The fourth-order valence-corrected chi connectivity index (χ4v) is 5.30. The standard InChI is InChI=1S/C21H28N4O2S/c1-23(2)28(26,27)19-10-6-16(7-11-19)21-20(5-4-13-22-21)25-14-12-17-8-9-18(15-25)24(17)3/h4-7,10-11,13,17-18H,8-9,12,14-15H2,1-3H3.